The van der Waals surface area contributed by atoms with Gasteiger partial charge in [-0.25, -0.2) is 4.39 Å². The Hall–Kier alpha value is -1.61. The van der Waals surface area contributed by atoms with Gasteiger partial charge in [0.05, 0.1) is 0 Å². The maximum Gasteiger partial charge on any atom is 0.125 e. The van der Waals surface area contributed by atoms with E-state index in [1.165, 1.54) is 17.3 Å². The molecule has 2 nitrogen and oxygen atoms in total. The summed E-state index contributed by atoms with van der Waals surface area (Å²) in [6.07, 6.45) is 1.97. The summed E-state index contributed by atoms with van der Waals surface area (Å²) in [6, 6.07) is 8.99. The van der Waals surface area contributed by atoms with E-state index in [1.807, 2.05) is 6.07 Å². The zero-order chi connectivity index (χ0) is 14.5. The maximum atomic E-state index is 13.5. The highest BCUT2D eigenvalue weighted by atomic mass is 19.1. The first-order valence-corrected chi connectivity index (χ1v) is 7.10. The van der Waals surface area contributed by atoms with E-state index < -0.39 is 0 Å². The van der Waals surface area contributed by atoms with E-state index in [-0.39, 0.29) is 17.3 Å². The Morgan fingerprint density at radius 2 is 2.05 bits per heavy atom. The van der Waals surface area contributed by atoms with Crippen molar-refractivity contribution in [3.8, 4) is 5.69 Å². The Bertz CT molecular complexity index is 655. The molecule has 20 heavy (non-hydrogen) atoms. The molecule has 2 N–H and O–H groups in total. The summed E-state index contributed by atoms with van der Waals surface area (Å²) in [5.74, 6) is -0.205. The topological polar surface area (TPSA) is 30.9 Å². The minimum atomic E-state index is -0.205. The largest absolute Gasteiger partial charge is 0.324 e. The van der Waals surface area contributed by atoms with Crippen LogP contribution >= 0.6 is 0 Å². The van der Waals surface area contributed by atoms with Gasteiger partial charge in [-0.15, -0.1) is 0 Å². The lowest BCUT2D eigenvalue weighted by Gasteiger charge is -2.34. The Balaban J connectivity index is 2.19. The fraction of sp³-hybridized carbons (Fsp3) is 0.412. The zero-order valence-corrected chi connectivity index (χ0v) is 12.3. The molecule has 0 fully saturated rings. The van der Waals surface area contributed by atoms with Crippen LogP contribution in [0.1, 0.15) is 43.3 Å². The fourth-order valence-corrected chi connectivity index (χ4v) is 3.42. The van der Waals surface area contributed by atoms with Crippen molar-refractivity contribution < 1.29 is 4.39 Å². The fourth-order valence-electron chi connectivity index (χ4n) is 3.42. The first-order valence-electron chi connectivity index (χ1n) is 7.10. The van der Waals surface area contributed by atoms with Gasteiger partial charge in [-0.2, -0.15) is 0 Å². The molecule has 0 saturated carbocycles. The molecule has 3 heteroatoms. The van der Waals surface area contributed by atoms with Crippen molar-refractivity contribution in [1.82, 2.24) is 4.57 Å². The molecule has 1 unspecified atom stereocenters. The van der Waals surface area contributed by atoms with Gasteiger partial charge in [0, 0.05) is 23.1 Å². The summed E-state index contributed by atoms with van der Waals surface area (Å²) < 4.78 is 15.7. The van der Waals surface area contributed by atoms with Crippen molar-refractivity contribution in [2.24, 2.45) is 11.1 Å². The molecule has 1 aliphatic rings. The zero-order valence-electron chi connectivity index (χ0n) is 12.3. The summed E-state index contributed by atoms with van der Waals surface area (Å²) in [4.78, 5) is 0. The summed E-state index contributed by atoms with van der Waals surface area (Å²) in [7, 11) is 0. The minimum Gasteiger partial charge on any atom is -0.324 e. The number of rotatable bonds is 1. The average Bonchev–Trinajstić information content (AvgIpc) is 2.64. The van der Waals surface area contributed by atoms with Crippen LogP contribution in [0.15, 0.2) is 30.3 Å². The molecule has 0 radical (unpaired) electrons. The molecule has 1 aromatic heterocycles. The number of nitrogens with two attached hydrogens (primary N) is 1. The Labute approximate surface area is 119 Å². The highest BCUT2D eigenvalue weighted by Gasteiger charge is 2.33. The van der Waals surface area contributed by atoms with Gasteiger partial charge in [0.2, 0.25) is 0 Å². The van der Waals surface area contributed by atoms with Crippen LogP contribution in [-0.4, -0.2) is 4.57 Å². The molecule has 0 amide bonds. The van der Waals surface area contributed by atoms with Crippen LogP contribution in [0.2, 0.25) is 0 Å². The van der Waals surface area contributed by atoms with Gasteiger partial charge >= 0.3 is 0 Å². The summed E-state index contributed by atoms with van der Waals surface area (Å²) in [6.45, 7) is 6.55. The van der Waals surface area contributed by atoms with E-state index in [9.17, 15) is 4.39 Å². The molecule has 106 valence electrons. The first-order chi connectivity index (χ1) is 9.37. The van der Waals surface area contributed by atoms with E-state index in [2.05, 4.69) is 31.4 Å². The molecule has 3 rings (SSSR count). The lowest BCUT2D eigenvalue weighted by molar-refractivity contribution is 0.278. The second-order valence-electron chi connectivity index (χ2n) is 6.65. The van der Waals surface area contributed by atoms with Crippen molar-refractivity contribution in [2.75, 3.05) is 0 Å². The molecule has 1 atom stereocenters. The highest BCUT2D eigenvalue weighted by Crippen LogP contribution is 2.41. The third-order valence-corrected chi connectivity index (χ3v) is 4.20. The second kappa shape index (κ2) is 4.45. The molecule has 1 aromatic carbocycles. The predicted octanol–water partition coefficient (Wildman–Crippen LogP) is 3.90. The third kappa shape index (κ3) is 2.16. The van der Waals surface area contributed by atoms with Gasteiger partial charge in [-0.3, -0.25) is 0 Å². The summed E-state index contributed by atoms with van der Waals surface area (Å²) >= 11 is 0. The van der Waals surface area contributed by atoms with Crippen LogP contribution in [0.3, 0.4) is 0 Å². The van der Waals surface area contributed by atoms with Crippen LogP contribution in [0.4, 0.5) is 4.39 Å². The van der Waals surface area contributed by atoms with Crippen LogP contribution in [0, 0.1) is 18.2 Å². The normalized spacial score (nSPS) is 20.8. The number of aryl methyl sites for hydroxylation is 1. The number of hydrogen-bond donors (Lipinski definition) is 1. The molecule has 0 aliphatic heterocycles. The quantitative estimate of drug-likeness (QED) is 0.838. The maximum absolute atomic E-state index is 13.5. The smallest absolute Gasteiger partial charge is 0.125 e. The molecule has 0 bridgehead atoms. The lowest BCUT2D eigenvalue weighted by atomic mass is 9.74. The minimum absolute atomic E-state index is 0.0715. The number of benzene rings is 1. The third-order valence-electron chi connectivity index (χ3n) is 4.20. The van der Waals surface area contributed by atoms with Crippen molar-refractivity contribution in [3.63, 3.8) is 0 Å². The number of halogens is 1. The van der Waals surface area contributed by atoms with Crippen LogP contribution in [0.25, 0.3) is 5.69 Å². The van der Waals surface area contributed by atoms with Gasteiger partial charge in [0.15, 0.2) is 0 Å². The van der Waals surface area contributed by atoms with E-state index in [1.54, 1.807) is 12.1 Å². The predicted molar refractivity (Wildman–Crippen MR) is 79.5 cm³/mol. The molecule has 0 spiro atoms. The summed E-state index contributed by atoms with van der Waals surface area (Å²) in [5.41, 5.74) is 11.0. The van der Waals surface area contributed by atoms with E-state index in [0.717, 1.165) is 24.2 Å². The molecule has 0 saturated heterocycles. The van der Waals surface area contributed by atoms with Crippen LogP contribution < -0.4 is 5.73 Å². The molecule has 1 heterocycles. The monoisotopic (exact) mass is 272 g/mol. The summed E-state index contributed by atoms with van der Waals surface area (Å²) in [5, 5.41) is 0. The lowest BCUT2D eigenvalue weighted by Crippen LogP contribution is -2.30. The highest BCUT2D eigenvalue weighted by molar-refractivity contribution is 5.44. The molecular weight excluding hydrogens is 251 g/mol. The van der Waals surface area contributed by atoms with Gasteiger partial charge in [0.1, 0.15) is 5.82 Å². The number of fused-ring (bicyclic) bond motifs is 1. The van der Waals surface area contributed by atoms with Crippen molar-refractivity contribution in [1.29, 1.82) is 0 Å². The number of hydrogen-bond acceptors (Lipinski definition) is 1. The Morgan fingerprint density at radius 3 is 2.75 bits per heavy atom. The van der Waals surface area contributed by atoms with E-state index in [4.69, 9.17) is 5.73 Å². The van der Waals surface area contributed by atoms with Gasteiger partial charge < -0.3 is 10.3 Å². The Morgan fingerprint density at radius 1 is 1.30 bits per heavy atom. The molecular formula is C17H21FN2. The number of aromatic nitrogens is 1. The van der Waals surface area contributed by atoms with E-state index >= 15 is 0 Å². The van der Waals surface area contributed by atoms with Gasteiger partial charge in [0.25, 0.3) is 0 Å². The van der Waals surface area contributed by atoms with Crippen molar-refractivity contribution >= 4 is 0 Å². The van der Waals surface area contributed by atoms with Crippen LogP contribution in [0.5, 0.6) is 0 Å². The average molecular weight is 272 g/mol. The van der Waals surface area contributed by atoms with Crippen molar-refractivity contribution in [2.45, 2.75) is 39.7 Å². The SMILES string of the molecule is Cc1cc2c(n1-c1cccc(F)c1)CC(C)(C)CC2N. The number of nitrogens with zero attached hydrogens (tertiary/aromatic N) is 1. The van der Waals surface area contributed by atoms with Crippen LogP contribution in [-0.2, 0) is 6.42 Å². The Kier molecular flexibility index (Phi) is 2.98. The van der Waals surface area contributed by atoms with Gasteiger partial charge in [-0.1, -0.05) is 19.9 Å². The van der Waals surface area contributed by atoms with Crippen molar-refractivity contribution in [3.05, 3.63) is 53.1 Å². The standard InChI is InChI=1S/C17H21FN2/c1-11-7-14-15(19)9-17(2,3)10-16(14)20(11)13-6-4-5-12(18)8-13/h4-8,15H,9-10,19H2,1-3H3. The molecule has 2 aromatic rings. The second-order valence-corrected chi connectivity index (χ2v) is 6.65. The van der Waals surface area contributed by atoms with Gasteiger partial charge in [-0.05, 0) is 55.0 Å². The van der Waals surface area contributed by atoms with E-state index in [0.29, 0.717) is 0 Å². The molecule has 1 aliphatic carbocycles. The first kappa shape index (κ1) is 13.4.